The molecule has 1 atom stereocenters. The summed E-state index contributed by atoms with van der Waals surface area (Å²) in [6.07, 6.45) is 7.34. The third-order valence-corrected chi connectivity index (χ3v) is 7.70. The first-order valence-electron chi connectivity index (χ1n) is 9.50. The smallest absolute Gasteiger partial charge is 0.237 e. The fourth-order valence-corrected chi connectivity index (χ4v) is 6.49. The van der Waals surface area contributed by atoms with Crippen LogP contribution in [0.5, 0.6) is 0 Å². The second kappa shape index (κ2) is 6.91. The third kappa shape index (κ3) is 2.95. The molecule has 5 rings (SSSR count). The van der Waals surface area contributed by atoms with Gasteiger partial charge in [0.2, 0.25) is 5.91 Å². The first-order valence-corrected chi connectivity index (χ1v) is 11.3. The van der Waals surface area contributed by atoms with Gasteiger partial charge in [0.15, 0.2) is 0 Å². The molecule has 2 aliphatic rings. The van der Waals surface area contributed by atoms with Crippen LogP contribution in [0.4, 0.5) is 5.69 Å². The lowest BCUT2D eigenvalue weighted by atomic mass is 9.97. The number of aryl methyl sites for hydroxylation is 2. The molecule has 4 nitrogen and oxygen atoms in total. The Morgan fingerprint density at radius 2 is 2.11 bits per heavy atom. The molecule has 0 unspecified atom stereocenters. The topological polar surface area (TPSA) is 46.1 Å². The molecule has 0 fully saturated rings. The molecule has 1 aliphatic carbocycles. The van der Waals surface area contributed by atoms with Crippen LogP contribution in [0.25, 0.3) is 10.2 Å². The van der Waals surface area contributed by atoms with E-state index in [1.807, 2.05) is 17.0 Å². The van der Waals surface area contributed by atoms with Gasteiger partial charge in [-0.05, 0) is 56.2 Å². The number of carbonyl (C=O) groups excluding carboxylic acids is 1. The van der Waals surface area contributed by atoms with E-state index in [4.69, 9.17) is 0 Å². The zero-order valence-electron chi connectivity index (χ0n) is 15.3. The molecule has 1 aromatic carbocycles. The van der Waals surface area contributed by atoms with E-state index in [1.165, 1.54) is 34.2 Å². The minimum Gasteiger partial charge on any atom is -0.308 e. The molecule has 3 heterocycles. The van der Waals surface area contributed by atoms with Gasteiger partial charge in [0.1, 0.15) is 16.2 Å². The maximum Gasteiger partial charge on any atom is 0.237 e. The Balaban J connectivity index is 1.41. The highest BCUT2D eigenvalue weighted by atomic mass is 32.2. The van der Waals surface area contributed by atoms with Crippen LogP contribution in [-0.4, -0.2) is 27.7 Å². The lowest BCUT2D eigenvalue weighted by molar-refractivity contribution is -0.116. The normalized spacial score (nSPS) is 18.6. The summed E-state index contributed by atoms with van der Waals surface area (Å²) in [5.74, 6) is 0.573. The van der Waals surface area contributed by atoms with Crippen LogP contribution >= 0.6 is 23.1 Å². The molecule has 3 aromatic rings. The summed E-state index contributed by atoms with van der Waals surface area (Å²) in [4.78, 5) is 26.6. The van der Waals surface area contributed by atoms with E-state index in [0.29, 0.717) is 5.75 Å². The molecule has 2 aromatic heterocycles. The zero-order chi connectivity index (χ0) is 18.4. The molecule has 6 heteroatoms. The van der Waals surface area contributed by atoms with Gasteiger partial charge in [-0.25, -0.2) is 9.97 Å². The fraction of sp³-hybridized carbons (Fsp3) is 0.381. The van der Waals surface area contributed by atoms with Gasteiger partial charge >= 0.3 is 0 Å². The number of rotatable bonds is 3. The molecule has 138 valence electrons. The van der Waals surface area contributed by atoms with Crippen molar-refractivity contribution in [1.29, 1.82) is 0 Å². The van der Waals surface area contributed by atoms with Crippen LogP contribution in [-0.2, 0) is 24.1 Å². The molecule has 1 amide bonds. The average Bonchev–Trinajstić information content (AvgIpc) is 3.23. The summed E-state index contributed by atoms with van der Waals surface area (Å²) in [5, 5.41) is 2.16. The van der Waals surface area contributed by atoms with Gasteiger partial charge in [0.25, 0.3) is 0 Å². The van der Waals surface area contributed by atoms with E-state index in [1.54, 1.807) is 29.4 Å². The van der Waals surface area contributed by atoms with E-state index in [9.17, 15) is 4.79 Å². The second-order valence-electron chi connectivity index (χ2n) is 7.30. The fourth-order valence-electron chi connectivity index (χ4n) is 4.32. The summed E-state index contributed by atoms with van der Waals surface area (Å²) < 4.78 is 0. The Morgan fingerprint density at radius 1 is 1.26 bits per heavy atom. The summed E-state index contributed by atoms with van der Waals surface area (Å²) in [7, 11) is 0. The van der Waals surface area contributed by atoms with Crippen molar-refractivity contribution in [3.63, 3.8) is 0 Å². The van der Waals surface area contributed by atoms with Crippen molar-refractivity contribution >= 4 is 44.9 Å². The van der Waals surface area contributed by atoms with E-state index >= 15 is 0 Å². The van der Waals surface area contributed by atoms with Crippen molar-refractivity contribution in [2.24, 2.45) is 0 Å². The second-order valence-corrected chi connectivity index (χ2v) is 9.35. The monoisotopic (exact) mass is 395 g/mol. The summed E-state index contributed by atoms with van der Waals surface area (Å²) in [5.41, 5.74) is 3.76. The molecular formula is C21H21N3OS2. The number of amides is 1. The first-order chi connectivity index (χ1) is 13.2. The van der Waals surface area contributed by atoms with E-state index < -0.39 is 0 Å². The Morgan fingerprint density at radius 3 is 3.04 bits per heavy atom. The molecular weight excluding hydrogens is 374 g/mol. The van der Waals surface area contributed by atoms with Gasteiger partial charge in [-0.1, -0.05) is 30.0 Å². The minimum atomic E-state index is 0.160. The van der Waals surface area contributed by atoms with Crippen molar-refractivity contribution in [2.45, 2.75) is 50.1 Å². The molecule has 0 bridgehead atoms. The lowest BCUT2D eigenvalue weighted by Crippen LogP contribution is -2.37. The highest BCUT2D eigenvalue weighted by Crippen LogP contribution is 2.39. The highest BCUT2D eigenvalue weighted by Gasteiger charge is 2.30. The van der Waals surface area contributed by atoms with Gasteiger partial charge in [0, 0.05) is 22.0 Å². The van der Waals surface area contributed by atoms with Crippen LogP contribution in [0.2, 0.25) is 0 Å². The van der Waals surface area contributed by atoms with Crippen molar-refractivity contribution in [3.8, 4) is 0 Å². The van der Waals surface area contributed by atoms with E-state index in [-0.39, 0.29) is 11.9 Å². The predicted molar refractivity (Wildman–Crippen MR) is 112 cm³/mol. The van der Waals surface area contributed by atoms with Crippen molar-refractivity contribution < 1.29 is 4.79 Å². The number of anilines is 1. The average molecular weight is 396 g/mol. The maximum atomic E-state index is 13.0. The lowest BCUT2D eigenvalue weighted by Gasteiger charge is -2.22. The Kier molecular flexibility index (Phi) is 4.40. The highest BCUT2D eigenvalue weighted by molar-refractivity contribution is 8.00. The molecule has 1 aliphatic heterocycles. The van der Waals surface area contributed by atoms with E-state index in [0.717, 1.165) is 34.8 Å². The predicted octanol–water partition coefficient (Wildman–Crippen LogP) is 4.64. The molecule has 0 radical (unpaired) electrons. The minimum absolute atomic E-state index is 0.160. The quantitative estimate of drug-likeness (QED) is 0.479. The molecule has 0 saturated carbocycles. The van der Waals surface area contributed by atoms with Crippen LogP contribution in [0, 0.1) is 0 Å². The summed E-state index contributed by atoms with van der Waals surface area (Å²) >= 11 is 3.37. The Labute approximate surface area is 167 Å². The number of fused-ring (bicyclic) bond motifs is 4. The third-order valence-electron chi connectivity index (χ3n) is 5.52. The first kappa shape index (κ1) is 17.2. The van der Waals surface area contributed by atoms with Gasteiger partial charge < -0.3 is 4.90 Å². The maximum absolute atomic E-state index is 13.0. The molecule has 0 N–H and O–H groups in total. The van der Waals surface area contributed by atoms with E-state index in [2.05, 4.69) is 29.0 Å². The van der Waals surface area contributed by atoms with Crippen LogP contribution < -0.4 is 4.90 Å². The number of thiophene rings is 1. The number of carbonyl (C=O) groups is 1. The van der Waals surface area contributed by atoms with Crippen LogP contribution in [0.15, 0.2) is 35.6 Å². The van der Waals surface area contributed by atoms with Gasteiger partial charge in [-0.2, -0.15) is 0 Å². The number of para-hydroxylation sites is 1. The summed E-state index contributed by atoms with van der Waals surface area (Å²) in [6.45, 7) is 2.13. The number of benzene rings is 1. The summed E-state index contributed by atoms with van der Waals surface area (Å²) in [6, 6.07) is 8.45. The Bertz CT molecular complexity index is 1030. The molecule has 0 spiro atoms. The standard InChI is InChI=1S/C21H21N3OS2/c1-13-10-14-6-2-4-8-16(14)24(13)18(25)11-26-20-19-15-7-3-5-9-17(15)27-21(19)23-12-22-20/h2,4,6,8,12-13H,3,5,7,9-11H2,1H3/t13-/m1/s1. The van der Waals surface area contributed by atoms with Gasteiger partial charge in [-0.3, -0.25) is 4.79 Å². The Hall–Kier alpha value is -1.92. The SMILES string of the molecule is C[C@@H]1Cc2ccccc2N1C(=O)CSc1ncnc2sc3c(c12)CCCC3. The van der Waals surface area contributed by atoms with Crippen LogP contribution in [0.1, 0.15) is 35.8 Å². The number of aromatic nitrogens is 2. The number of nitrogens with zero attached hydrogens (tertiary/aromatic N) is 3. The number of hydrogen-bond donors (Lipinski definition) is 0. The molecule has 27 heavy (non-hydrogen) atoms. The zero-order valence-corrected chi connectivity index (χ0v) is 16.9. The van der Waals surface area contributed by atoms with Crippen molar-refractivity contribution in [1.82, 2.24) is 9.97 Å². The van der Waals surface area contributed by atoms with Gasteiger partial charge in [0.05, 0.1) is 5.75 Å². The van der Waals surface area contributed by atoms with Gasteiger partial charge in [-0.15, -0.1) is 11.3 Å². The van der Waals surface area contributed by atoms with Crippen molar-refractivity contribution in [3.05, 3.63) is 46.6 Å². The van der Waals surface area contributed by atoms with Crippen LogP contribution in [0.3, 0.4) is 0 Å². The molecule has 0 saturated heterocycles. The van der Waals surface area contributed by atoms with Crippen molar-refractivity contribution in [2.75, 3.05) is 10.7 Å². The number of thioether (sulfide) groups is 1. The number of hydrogen-bond acceptors (Lipinski definition) is 5. The largest absolute Gasteiger partial charge is 0.308 e.